The fourth-order valence-electron chi connectivity index (χ4n) is 3.46. The van der Waals surface area contributed by atoms with Crippen LogP contribution in [0.2, 0.25) is 0 Å². The van der Waals surface area contributed by atoms with Gasteiger partial charge in [0.2, 0.25) is 5.91 Å². The highest BCUT2D eigenvalue weighted by Gasteiger charge is 2.35. The Morgan fingerprint density at radius 3 is 2.19 bits per heavy atom. The van der Waals surface area contributed by atoms with Crippen molar-refractivity contribution in [1.82, 2.24) is 4.90 Å². The summed E-state index contributed by atoms with van der Waals surface area (Å²) < 4.78 is 14.8. The molecular weight excluding hydrogens is 416 g/mol. The molecule has 1 N–H and O–H groups in total. The number of nitrogens with zero attached hydrogens (tertiary/aromatic N) is 1. The SMILES string of the molecule is COC(=O)c1cc(NC(=O)[C@@H]2CCCN2C(=O)OCc2ccccc2)cc(C(=O)OC)c1. The second-order valence-corrected chi connectivity index (χ2v) is 7.16. The molecule has 1 saturated heterocycles. The van der Waals surface area contributed by atoms with Gasteiger partial charge in [-0.25, -0.2) is 14.4 Å². The fourth-order valence-corrected chi connectivity index (χ4v) is 3.46. The van der Waals surface area contributed by atoms with Crippen molar-refractivity contribution in [2.24, 2.45) is 0 Å². The molecule has 32 heavy (non-hydrogen) atoms. The smallest absolute Gasteiger partial charge is 0.410 e. The predicted molar refractivity (Wildman–Crippen MR) is 114 cm³/mol. The maximum atomic E-state index is 12.9. The minimum Gasteiger partial charge on any atom is -0.465 e. The van der Waals surface area contributed by atoms with Crippen LogP contribution >= 0.6 is 0 Å². The number of nitrogens with one attached hydrogen (secondary N) is 1. The van der Waals surface area contributed by atoms with Crippen molar-refractivity contribution in [3.8, 4) is 0 Å². The highest BCUT2D eigenvalue weighted by atomic mass is 16.6. The number of ether oxygens (including phenoxy) is 3. The Kier molecular flexibility index (Phi) is 7.43. The normalized spacial score (nSPS) is 15.1. The molecule has 0 aliphatic carbocycles. The van der Waals surface area contributed by atoms with Crippen LogP contribution in [0.15, 0.2) is 48.5 Å². The van der Waals surface area contributed by atoms with Crippen molar-refractivity contribution in [2.45, 2.75) is 25.5 Å². The van der Waals surface area contributed by atoms with Gasteiger partial charge in [0, 0.05) is 12.2 Å². The average molecular weight is 440 g/mol. The third-order valence-electron chi connectivity index (χ3n) is 5.04. The quantitative estimate of drug-likeness (QED) is 0.543. The second kappa shape index (κ2) is 10.4. The number of anilines is 1. The first-order valence-corrected chi connectivity index (χ1v) is 10.0. The van der Waals surface area contributed by atoms with Crippen LogP contribution in [0.3, 0.4) is 0 Å². The van der Waals surface area contributed by atoms with E-state index in [-0.39, 0.29) is 23.4 Å². The second-order valence-electron chi connectivity index (χ2n) is 7.16. The van der Waals surface area contributed by atoms with Gasteiger partial charge in [-0.2, -0.15) is 0 Å². The summed E-state index contributed by atoms with van der Waals surface area (Å²) in [6, 6.07) is 12.6. The minimum absolute atomic E-state index is 0.0799. The highest BCUT2D eigenvalue weighted by molar-refractivity contribution is 6.01. The van der Waals surface area contributed by atoms with Gasteiger partial charge in [-0.1, -0.05) is 30.3 Å². The van der Waals surface area contributed by atoms with E-state index in [0.717, 1.165) is 5.56 Å². The Morgan fingerprint density at radius 1 is 0.969 bits per heavy atom. The van der Waals surface area contributed by atoms with Crippen molar-refractivity contribution in [2.75, 3.05) is 26.1 Å². The number of hydrogen-bond donors (Lipinski definition) is 1. The topological polar surface area (TPSA) is 111 Å². The molecule has 2 aromatic rings. The summed E-state index contributed by atoms with van der Waals surface area (Å²) in [7, 11) is 2.42. The van der Waals surface area contributed by atoms with E-state index in [1.54, 1.807) is 0 Å². The lowest BCUT2D eigenvalue weighted by Crippen LogP contribution is -2.43. The molecule has 0 bridgehead atoms. The van der Waals surface area contributed by atoms with Crippen molar-refractivity contribution < 1.29 is 33.4 Å². The number of rotatable bonds is 6. The van der Waals surface area contributed by atoms with E-state index in [4.69, 9.17) is 14.2 Å². The van der Waals surface area contributed by atoms with Crippen LogP contribution in [-0.2, 0) is 25.6 Å². The summed E-state index contributed by atoms with van der Waals surface area (Å²) in [5.74, 6) is -1.78. The standard InChI is InChI=1S/C23H24N2O7/c1-30-21(27)16-11-17(22(28)31-2)13-18(12-16)24-20(26)19-9-6-10-25(19)23(29)32-14-15-7-4-3-5-8-15/h3-5,7-8,11-13,19H,6,9-10,14H2,1-2H3,(H,24,26)/t19-/m0/s1. The van der Waals surface area contributed by atoms with Crippen molar-refractivity contribution in [1.29, 1.82) is 0 Å². The third-order valence-corrected chi connectivity index (χ3v) is 5.04. The summed E-state index contributed by atoms with van der Waals surface area (Å²) in [6.45, 7) is 0.496. The van der Waals surface area contributed by atoms with Crippen LogP contribution < -0.4 is 5.32 Å². The number of amides is 2. The molecule has 9 nitrogen and oxygen atoms in total. The van der Waals surface area contributed by atoms with Crippen LogP contribution in [0.5, 0.6) is 0 Å². The lowest BCUT2D eigenvalue weighted by Gasteiger charge is -2.23. The van der Waals surface area contributed by atoms with Crippen LogP contribution in [0.1, 0.15) is 39.1 Å². The summed E-state index contributed by atoms with van der Waals surface area (Å²) in [5.41, 5.74) is 1.21. The first-order valence-electron chi connectivity index (χ1n) is 10.0. The van der Waals surface area contributed by atoms with Gasteiger partial charge in [0.1, 0.15) is 12.6 Å². The van der Waals surface area contributed by atoms with Crippen molar-refractivity contribution in [3.05, 3.63) is 65.2 Å². The average Bonchev–Trinajstić information content (AvgIpc) is 3.32. The van der Waals surface area contributed by atoms with Gasteiger partial charge in [0.05, 0.1) is 25.3 Å². The Hall–Kier alpha value is -3.88. The molecule has 0 radical (unpaired) electrons. The fraction of sp³-hybridized carbons (Fsp3) is 0.304. The number of benzene rings is 2. The Labute approximate surface area is 185 Å². The number of methoxy groups -OCH3 is 2. The molecule has 0 aromatic heterocycles. The molecule has 168 valence electrons. The number of esters is 2. The number of hydrogen-bond acceptors (Lipinski definition) is 7. The largest absolute Gasteiger partial charge is 0.465 e. The molecule has 0 unspecified atom stereocenters. The van der Waals surface area contributed by atoms with E-state index in [0.29, 0.717) is 19.4 Å². The van der Waals surface area contributed by atoms with E-state index in [1.807, 2.05) is 30.3 Å². The zero-order valence-corrected chi connectivity index (χ0v) is 17.8. The van der Waals surface area contributed by atoms with E-state index in [2.05, 4.69) is 5.32 Å². The minimum atomic E-state index is -0.735. The zero-order chi connectivity index (χ0) is 23.1. The number of likely N-dealkylation sites (tertiary alicyclic amines) is 1. The monoisotopic (exact) mass is 440 g/mol. The Balaban J connectivity index is 1.71. The number of carbonyl (C=O) groups is 4. The van der Waals surface area contributed by atoms with Crippen LogP contribution in [0, 0.1) is 0 Å². The Morgan fingerprint density at radius 2 is 1.59 bits per heavy atom. The summed E-state index contributed by atoms with van der Waals surface area (Å²) in [5, 5.41) is 2.68. The van der Waals surface area contributed by atoms with E-state index >= 15 is 0 Å². The first-order chi connectivity index (χ1) is 15.4. The van der Waals surface area contributed by atoms with Crippen LogP contribution in [0.25, 0.3) is 0 Å². The van der Waals surface area contributed by atoms with Crippen molar-refractivity contribution in [3.63, 3.8) is 0 Å². The zero-order valence-electron chi connectivity index (χ0n) is 17.8. The highest BCUT2D eigenvalue weighted by Crippen LogP contribution is 2.22. The molecule has 3 rings (SSSR count). The molecule has 1 heterocycles. The summed E-state index contributed by atoms with van der Waals surface area (Å²) in [6.07, 6.45) is 0.533. The maximum absolute atomic E-state index is 12.9. The van der Waals surface area contributed by atoms with Gasteiger partial charge in [-0.3, -0.25) is 9.69 Å². The maximum Gasteiger partial charge on any atom is 0.410 e. The van der Waals surface area contributed by atoms with Gasteiger partial charge in [0.25, 0.3) is 0 Å². The lowest BCUT2D eigenvalue weighted by molar-refractivity contribution is -0.120. The van der Waals surface area contributed by atoms with E-state index in [1.165, 1.54) is 37.3 Å². The van der Waals surface area contributed by atoms with Crippen LogP contribution in [-0.4, -0.2) is 55.6 Å². The first kappa shape index (κ1) is 22.8. The van der Waals surface area contributed by atoms with Gasteiger partial charge < -0.3 is 19.5 Å². The van der Waals surface area contributed by atoms with Crippen molar-refractivity contribution >= 4 is 29.6 Å². The molecule has 0 spiro atoms. The molecule has 0 saturated carbocycles. The molecule has 1 fully saturated rings. The summed E-state index contributed by atoms with van der Waals surface area (Å²) in [4.78, 5) is 50.7. The molecule has 1 aliphatic heterocycles. The molecule has 2 aromatic carbocycles. The van der Waals surface area contributed by atoms with E-state index in [9.17, 15) is 19.2 Å². The van der Waals surface area contributed by atoms with Gasteiger partial charge >= 0.3 is 18.0 Å². The van der Waals surface area contributed by atoms with Gasteiger partial charge in [-0.05, 0) is 36.6 Å². The van der Waals surface area contributed by atoms with Gasteiger partial charge in [0.15, 0.2) is 0 Å². The molecule has 2 amide bonds. The Bertz CT molecular complexity index is 972. The number of carbonyl (C=O) groups excluding carboxylic acids is 4. The molecule has 1 atom stereocenters. The molecular formula is C23H24N2O7. The summed E-state index contributed by atoms with van der Waals surface area (Å²) >= 11 is 0. The van der Waals surface area contributed by atoms with Gasteiger partial charge in [-0.15, -0.1) is 0 Å². The lowest BCUT2D eigenvalue weighted by atomic mass is 10.1. The van der Waals surface area contributed by atoms with Crippen LogP contribution in [0.4, 0.5) is 10.5 Å². The third kappa shape index (κ3) is 5.42. The van der Waals surface area contributed by atoms with E-state index < -0.39 is 30.0 Å². The molecule has 1 aliphatic rings. The predicted octanol–water partition coefficient (Wildman–Crippen LogP) is 3.00. The molecule has 9 heteroatoms.